The third kappa shape index (κ3) is 4.15. The lowest BCUT2D eigenvalue weighted by molar-refractivity contribution is -0.384. The van der Waals surface area contributed by atoms with E-state index in [0.717, 1.165) is 28.2 Å². The third-order valence-electron chi connectivity index (χ3n) is 5.04. The molecule has 0 unspecified atom stereocenters. The molecular formula is C23H20N4O3S. The number of nitro groups is 1. The largest absolute Gasteiger partial charge is 0.318 e. The van der Waals surface area contributed by atoms with Crippen molar-refractivity contribution in [2.45, 2.75) is 20.8 Å². The van der Waals surface area contributed by atoms with E-state index in [9.17, 15) is 14.9 Å². The Labute approximate surface area is 183 Å². The van der Waals surface area contributed by atoms with Crippen molar-refractivity contribution in [3.63, 3.8) is 0 Å². The van der Waals surface area contributed by atoms with E-state index in [1.807, 2.05) is 67.8 Å². The molecule has 1 amide bonds. The Morgan fingerprint density at radius 2 is 1.87 bits per heavy atom. The van der Waals surface area contributed by atoms with Gasteiger partial charge in [0.2, 0.25) is 0 Å². The Morgan fingerprint density at radius 3 is 2.61 bits per heavy atom. The van der Waals surface area contributed by atoms with Crippen molar-refractivity contribution in [3.8, 4) is 5.69 Å². The summed E-state index contributed by atoms with van der Waals surface area (Å²) in [5.74, 6) is -0.197. The Balaban J connectivity index is 1.66. The number of para-hydroxylation sites is 1. The van der Waals surface area contributed by atoms with Gasteiger partial charge >= 0.3 is 0 Å². The van der Waals surface area contributed by atoms with Crippen molar-refractivity contribution in [3.05, 3.63) is 92.1 Å². The van der Waals surface area contributed by atoms with E-state index < -0.39 is 4.92 Å². The molecule has 0 atom stereocenters. The number of amides is 1. The first-order valence-corrected chi connectivity index (χ1v) is 10.4. The minimum absolute atomic E-state index is 0.0349. The van der Waals surface area contributed by atoms with Gasteiger partial charge in [0.25, 0.3) is 11.6 Å². The average molecular weight is 433 g/mol. The van der Waals surface area contributed by atoms with Crippen LogP contribution in [0.5, 0.6) is 0 Å². The van der Waals surface area contributed by atoms with Crippen LogP contribution >= 0.6 is 11.8 Å². The number of nitro benzene ring substituents is 1. The lowest BCUT2D eigenvalue weighted by Crippen LogP contribution is -2.19. The van der Waals surface area contributed by atoms with Crippen molar-refractivity contribution >= 4 is 40.3 Å². The molecule has 0 aliphatic carbocycles. The van der Waals surface area contributed by atoms with Gasteiger partial charge in [0, 0.05) is 23.5 Å². The molecule has 1 aliphatic rings. The monoisotopic (exact) mass is 432 g/mol. The summed E-state index contributed by atoms with van der Waals surface area (Å²) in [7, 11) is 0. The summed E-state index contributed by atoms with van der Waals surface area (Å²) >= 11 is 1.30. The van der Waals surface area contributed by atoms with Gasteiger partial charge in [-0.2, -0.15) is 0 Å². The van der Waals surface area contributed by atoms with Crippen molar-refractivity contribution in [2.75, 3.05) is 0 Å². The van der Waals surface area contributed by atoms with Crippen LogP contribution in [-0.2, 0) is 4.79 Å². The number of rotatable bonds is 4. The quantitative estimate of drug-likeness (QED) is 0.348. The van der Waals surface area contributed by atoms with Crippen molar-refractivity contribution in [2.24, 2.45) is 4.99 Å². The van der Waals surface area contributed by atoms with E-state index in [1.165, 1.54) is 17.8 Å². The van der Waals surface area contributed by atoms with Crippen LogP contribution in [0.4, 0.5) is 11.4 Å². The van der Waals surface area contributed by atoms with Crippen LogP contribution < -0.4 is 5.32 Å². The molecule has 1 aliphatic heterocycles. The first kappa shape index (κ1) is 20.6. The molecule has 3 aromatic rings. The van der Waals surface area contributed by atoms with Gasteiger partial charge in [-0.3, -0.25) is 14.9 Å². The standard InChI is InChI=1S/C23H20N4O3S/c1-14-7-4-5-10-20(14)24-23-25-22(28)21(31-23)12-17-11-15(2)26(16(17)3)18-8-6-9-19(13-18)27(29)30/h4-13H,1-3H3,(H,24,25,28)/b21-12-. The van der Waals surface area contributed by atoms with E-state index >= 15 is 0 Å². The summed E-state index contributed by atoms with van der Waals surface area (Å²) < 4.78 is 1.94. The number of aryl methyl sites for hydroxylation is 2. The first-order valence-electron chi connectivity index (χ1n) is 9.62. The van der Waals surface area contributed by atoms with E-state index in [0.29, 0.717) is 15.8 Å². The molecule has 1 saturated heterocycles. The highest BCUT2D eigenvalue weighted by atomic mass is 32.2. The molecule has 8 heteroatoms. The molecule has 0 radical (unpaired) electrons. The number of nitrogens with zero attached hydrogens (tertiary/aromatic N) is 3. The number of non-ortho nitro benzene ring substituents is 1. The predicted molar refractivity (Wildman–Crippen MR) is 124 cm³/mol. The summed E-state index contributed by atoms with van der Waals surface area (Å²) in [6.07, 6.45) is 1.83. The topological polar surface area (TPSA) is 89.5 Å². The molecule has 156 valence electrons. The molecule has 7 nitrogen and oxygen atoms in total. The van der Waals surface area contributed by atoms with Crippen LogP contribution in [0.2, 0.25) is 0 Å². The van der Waals surface area contributed by atoms with Gasteiger partial charge in [0.1, 0.15) is 0 Å². The van der Waals surface area contributed by atoms with Gasteiger partial charge in [-0.05, 0) is 67.9 Å². The summed E-state index contributed by atoms with van der Waals surface area (Å²) in [6.45, 7) is 5.83. The van der Waals surface area contributed by atoms with Crippen LogP contribution in [-0.4, -0.2) is 20.6 Å². The van der Waals surface area contributed by atoms with Crippen LogP contribution in [0.1, 0.15) is 22.5 Å². The van der Waals surface area contributed by atoms with Gasteiger partial charge in [-0.15, -0.1) is 0 Å². The highest BCUT2D eigenvalue weighted by Crippen LogP contribution is 2.31. The minimum Gasteiger partial charge on any atom is -0.318 e. The van der Waals surface area contributed by atoms with Gasteiger partial charge in [-0.1, -0.05) is 24.3 Å². The van der Waals surface area contributed by atoms with Gasteiger partial charge in [0.15, 0.2) is 5.17 Å². The van der Waals surface area contributed by atoms with Gasteiger partial charge < -0.3 is 9.88 Å². The minimum atomic E-state index is -0.407. The Morgan fingerprint density at radius 1 is 1.10 bits per heavy atom. The zero-order chi connectivity index (χ0) is 22.1. The van der Waals surface area contributed by atoms with E-state index in [1.54, 1.807) is 12.1 Å². The number of hydrogen-bond acceptors (Lipinski definition) is 5. The molecule has 0 saturated carbocycles. The number of hydrogen-bond donors (Lipinski definition) is 1. The number of benzene rings is 2. The lowest BCUT2D eigenvalue weighted by atomic mass is 10.2. The number of aliphatic imine (C=N–C) groups is 1. The SMILES string of the molecule is Cc1ccccc1N=C1NC(=O)/C(=C/c2cc(C)n(-c3cccc([N+](=O)[O-])c3)c2C)S1. The number of aromatic nitrogens is 1. The molecule has 1 N–H and O–H groups in total. The van der Waals surface area contributed by atoms with Crippen molar-refractivity contribution in [1.82, 2.24) is 9.88 Å². The fraction of sp³-hybridized carbons (Fsp3) is 0.130. The third-order valence-corrected chi connectivity index (χ3v) is 5.95. The van der Waals surface area contributed by atoms with E-state index in [-0.39, 0.29) is 11.6 Å². The molecule has 1 fully saturated rings. The highest BCUT2D eigenvalue weighted by molar-refractivity contribution is 8.18. The van der Waals surface area contributed by atoms with Gasteiger partial charge in [-0.25, -0.2) is 4.99 Å². The number of carbonyl (C=O) groups is 1. The maximum absolute atomic E-state index is 12.5. The zero-order valence-corrected chi connectivity index (χ0v) is 18.1. The number of amidine groups is 1. The first-order chi connectivity index (χ1) is 14.8. The Kier molecular flexibility index (Phi) is 5.48. The fourth-order valence-corrected chi connectivity index (χ4v) is 4.32. The highest BCUT2D eigenvalue weighted by Gasteiger charge is 2.25. The van der Waals surface area contributed by atoms with Crippen LogP contribution in [0.3, 0.4) is 0 Å². The fourth-order valence-electron chi connectivity index (χ4n) is 3.50. The lowest BCUT2D eigenvalue weighted by Gasteiger charge is -2.09. The number of carbonyl (C=O) groups excluding carboxylic acids is 1. The maximum Gasteiger partial charge on any atom is 0.271 e. The normalized spacial score (nSPS) is 16.2. The zero-order valence-electron chi connectivity index (χ0n) is 17.2. The average Bonchev–Trinajstić information content (AvgIpc) is 3.22. The second-order valence-corrected chi connectivity index (χ2v) is 8.24. The predicted octanol–water partition coefficient (Wildman–Crippen LogP) is 5.20. The van der Waals surface area contributed by atoms with Crippen molar-refractivity contribution in [1.29, 1.82) is 0 Å². The summed E-state index contributed by atoms with van der Waals surface area (Å²) in [5, 5.41) is 14.5. The van der Waals surface area contributed by atoms with Gasteiger partial charge in [0.05, 0.1) is 21.2 Å². The van der Waals surface area contributed by atoms with E-state index in [2.05, 4.69) is 10.3 Å². The maximum atomic E-state index is 12.5. The molecule has 1 aromatic heterocycles. The second-order valence-electron chi connectivity index (χ2n) is 7.21. The van der Waals surface area contributed by atoms with Crippen molar-refractivity contribution < 1.29 is 9.72 Å². The summed E-state index contributed by atoms with van der Waals surface area (Å²) in [5.41, 5.74) is 5.27. The smallest absolute Gasteiger partial charge is 0.271 e. The van der Waals surface area contributed by atoms with Crippen LogP contribution in [0, 0.1) is 30.9 Å². The Hall–Kier alpha value is -3.65. The summed E-state index contributed by atoms with van der Waals surface area (Å²) in [4.78, 5) is 28.3. The molecule has 0 bridgehead atoms. The molecule has 31 heavy (non-hydrogen) atoms. The van der Waals surface area contributed by atoms with E-state index in [4.69, 9.17) is 0 Å². The molecular weight excluding hydrogens is 412 g/mol. The number of nitrogens with one attached hydrogen (secondary N) is 1. The van der Waals surface area contributed by atoms with Crippen LogP contribution in [0.15, 0.2) is 64.5 Å². The van der Waals surface area contributed by atoms with Crippen LogP contribution in [0.25, 0.3) is 11.8 Å². The Bertz CT molecular complexity index is 1270. The summed E-state index contributed by atoms with van der Waals surface area (Å²) in [6, 6.07) is 16.2. The molecule has 0 spiro atoms. The molecule has 2 aromatic carbocycles. The molecule has 2 heterocycles. The molecule has 4 rings (SSSR count). The second kappa shape index (κ2) is 8.23. The number of thioether (sulfide) groups is 1.